The molecular formula is C12H16N2O3. The van der Waals surface area contributed by atoms with Crippen LogP contribution >= 0.6 is 0 Å². The maximum Gasteiger partial charge on any atom is 0.280 e. The number of amides is 1. The van der Waals surface area contributed by atoms with Gasteiger partial charge < -0.3 is 9.47 Å². The van der Waals surface area contributed by atoms with E-state index in [1.807, 2.05) is 0 Å². The monoisotopic (exact) mass is 236 g/mol. The van der Waals surface area contributed by atoms with E-state index in [1.54, 1.807) is 45.2 Å². The molecule has 0 fully saturated rings. The first-order valence-corrected chi connectivity index (χ1v) is 5.25. The van der Waals surface area contributed by atoms with Crippen molar-refractivity contribution in [1.82, 2.24) is 5.43 Å². The second kappa shape index (κ2) is 6.52. The second-order valence-electron chi connectivity index (χ2n) is 3.30. The van der Waals surface area contributed by atoms with Crippen LogP contribution in [0.3, 0.4) is 0 Å². The lowest BCUT2D eigenvalue weighted by atomic mass is 10.3. The highest BCUT2D eigenvalue weighted by Crippen LogP contribution is 2.18. The van der Waals surface area contributed by atoms with Gasteiger partial charge in [-0.3, -0.25) is 4.79 Å². The molecule has 0 aromatic heterocycles. The van der Waals surface area contributed by atoms with Crippen LogP contribution in [-0.2, 0) is 4.79 Å². The first-order chi connectivity index (χ1) is 8.17. The molecule has 1 N–H and O–H groups in total. The molecule has 1 amide bonds. The number of nitrogens with zero attached hydrogens (tertiary/aromatic N) is 1. The van der Waals surface area contributed by atoms with Gasteiger partial charge in [-0.05, 0) is 38.1 Å². The van der Waals surface area contributed by atoms with Crippen molar-refractivity contribution in [2.75, 3.05) is 7.11 Å². The number of methoxy groups -OCH3 is 1. The van der Waals surface area contributed by atoms with Crippen LogP contribution < -0.4 is 14.9 Å². The van der Waals surface area contributed by atoms with Gasteiger partial charge in [-0.1, -0.05) is 0 Å². The van der Waals surface area contributed by atoms with Gasteiger partial charge >= 0.3 is 0 Å². The third kappa shape index (κ3) is 4.14. The van der Waals surface area contributed by atoms with Gasteiger partial charge in [0.2, 0.25) is 0 Å². The lowest BCUT2D eigenvalue weighted by Gasteiger charge is -2.13. The minimum atomic E-state index is -0.605. The fourth-order valence-electron chi connectivity index (χ4n) is 1.13. The van der Waals surface area contributed by atoms with Gasteiger partial charge in [-0.25, -0.2) is 5.43 Å². The van der Waals surface area contributed by atoms with E-state index in [0.717, 1.165) is 5.75 Å². The average Bonchev–Trinajstić information content (AvgIpc) is 2.36. The van der Waals surface area contributed by atoms with Crippen LogP contribution in [0.2, 0.25) is 0 Å². The van der Waals surface area contributed by atoms with Gasteiger partial charge in [0, 0.05) is 6.21 Å². The molecule has 5 nitrogen and oxygen atoms in total. The Labute approximate surface area is 100 Å². The number of benzene rings is 1. The summed E-state index contributed by atoms with van der Waals surface area (Å²) in [5.41, 5.74) is 2.36. The Kier molecular flexibility index (Phi) is 5.00. The minimum Gasteiger partial charge on any atom is -0.497 e. The SMILES string of the molecule is CC=NNC(=O)C(C)Oc1ccc(OC)cc1. The molecule has 1 atom stereocenters. The van der Waals surface area contributed by atoms with Crippen molar-refractivity contribution in [2.24, 2.45) is 5.10 Å². The van der Waals surface area contributed by atoms with E-state index in [-0.39, 0.29) is 5.91 Å². The van der Waals surface area contributed by atoms with Crippen molar-refractivity contribution < 1.29 is 14.3 Å². The summed E-state index contributed by atoms with van der Waals surface area (Å²) >= 11 is 0. The molecular weight excluding hydrogens is 220 g/mol. The molecule has 0 saturated heterocycles. The number of hydrogen-bond donors (Lipinski definition) is 1. The smallest absolute Gasteiger partial charge is 0.280 e. The zero-order valence-corrected chi connectivity index (χ0v) is 10.1. The van der Waals surface area contributed by atoms with Crippen LogP contribution in [0.1, 0.15) is 13.8 Å². The molecule has 0 aliphatic rings. The topological polar surface area (TPSA) is 59.9 Å². The molecule has 0 bridgehead atoms. The first-order valence-electron chi connectivity index (χ1n) is 5.25. The summed E-state index contributed by atoms with van der Waals surface area (Å²) in [6.45, 7) is 3.38. The quantitative estimate of drug-likeness (QED) is 0.623. The number of nitrogens with one attached hydrogen (secondary N) is 1. The number of carbonyl (C=O) groups excluding carboxylic acids is 1. The molecule has 0 heterocycles. The molecule has 5 heteroatoms. The highest BCUT2D eigenvalue weighted by Gasteiger charge is 2.13. The summed E-state index contributed by atoms with van der Waals surface area (Å²) in [4.78, 5) is 11.5. The molecule has 1 aromatic carbocycles. The fourth-order valence-corrected chi connectivity index (χ4v) is 1.13. The third-order valence-electron chi connectivity index (χ3n) is 2.05. The zero-order valence-electron chi connectivity index (χ0n) is 10.1. The second-order valence-corrected chi connectivity index (χ2v) is 3.30. The number of ether oxygens (including phenoxy) is 2. The fraction of sp³-hybridized carbons (Fsp3) is 0.333. The largest absolute Gasteiger partial charge is 0.497 e. The Morgan fingerprint density at radius 2 is 1.94 bits per heavy atom. The molecule has 0 aliphatic carbocycles. The van der Waals surface area contributed by atoms with Gasteiger partial charge in [0.1, 0.15) is 11.5 Å². The van der Waals surface area contributed by atoms with Crippen molar-refractivity contribution in [3.05, 3.63) is 24.3 Å². The Morgan fingerprint density at radius 3 is 2.47 bits per heavy atom. The predicted octanol–water partition coefficient (Wildman–Crippen LogP) is 1.58. The molecule has 92 valence electrons. The summed E-state index contributed by atoms with van der Waals surface area (Å²) in [7, 11) is 1.59. The van der Waals surface area contributed by atoms with Crippen LogP contribution in [0.5, 0.6) is 11.5 Å². The Hall–Kier alpha value is -2.04. The van der Waals surface area contributed by atoms with Crippen LogP contribution in [0, 0.1) is 0 Å². The standard InChI is InChI=1S/C12H16N2O3/c1-4-13-14-12(15)9(2)17-11-7-5-10(16-3)6-8-11/h4-9H,1-3H3,(H,14,15). The van der Waals surface area contributed by atoms with Gasteiger partial charge in [-0.15, -0.1) is 0 Å². The van der Waals surface area contributed by atoms with Gasteiger partial charge in [-0.2, -0.15) is 5.10 Å². The summed E-state index contributed by atoms with van der Waals surface area (Å²) in [5, 5.41) is 3.64. The highest BCUT2D eigenvalue weighted by molar-refractivity contribution is 5.81. The number of carbonyl (C=O) groups is 1. The molecule has 0 saturated carbocycles. The van der Waals surface area contributed by atoms with E-state index >= 15 is 0 Å². The minimum absolute atomic E-state index is 0.293. The number of rotatable bonds is 5. The Balaban J connectivity index is 2.54. The van der Waals surface area contributed by atoms with E-state index in [0.29, 0.717) is 5.75 Å². The number of hydrogen-bond acceptors (Lipinski definition) is 4. The van der Waals surface area contributed by atoms with E-state index in [1.165, 1.54) is 6.21 Å². The van der Waals surface area contributed by atoms with Crippen LogP contribution in [0.25, 0.3) is 0 Å². The van der Waals surface area contributed by atoms with Gasteiger partial charge in [0.25, 0.3) is 5.91 Å². The lowest BCUT2D eigenvalue weighted by molar-refractivity contribution is -0.127. The summed E-state index contributed by atoms with van der Waals surface area (Å²) in [6, 6.07) is 7.02. The van der Waals surface area contributed by atoms with E-state index < -0.39 is 6.10 Å². The van der Waals surface area contributed by atoms with E-state index in [4.69, 9.17) is 9.47 Å². The normalized spacial score (nSPS) is 12.2. The molecule has 1 rings (SSSR count). The summed E-state index contributed by atoms with van der Waals surface area (Å²) in [6.07, 6.45) is 0.893. The predicted molar refractivity (Wildman–Crippen MR) is 65.4 cm³/mol. The Morgan fingerprint density at radius 1 is 1.35 bits per heavy atom. The molecule has 1 unspecified atom stereocenters. The molecule has 1 aromatic rings. The van der Waals surface area contributed by atoms with Gasteiger partial charge in [0.05, 0.1) is 7.11 Å². The van der Waals surface area contributed by atoms with Crippen LogP contribution in [0.4, 0.5) is 0 Å². The van der Waals surface area contributed by atoms with Crippen LogP contribution in [0.15, 0.2) is 29.4 Å². The molecule has 0 spiro atoms. The van der Waals surface area contributed by atoms with Crippen molar-refractivity contribution in [1.29, 1.82) is 0 Å². The lowest BCUT2D eigenvalue weighted by Crippen LogP contribution is -2.33. The van der Waals surface area contributed by atoms with Crippen molar-refractivity contribution in [3.63, 3.8) is 0 Å². The van der Waals surface area contributed by atoms with Crippen molar-refractivity contribution >= 4 is 12.1 Å². The maximum absolute atomic E-state index is 11.5. The summed E-state index contributed by atoms with van der Waals surface area (Å²) < 4.78 is 10.5. The molecule has 0 aliphatic heterocycles. The molecule has 0 radical (unpaired) electrons. The first kappa shape index (κ1) is 13.0. The summed E-state index contributed by atoms with van der Waals surface area (Å²) in [5.74, 6) is 1.05. The number of hydrazone groups is 1. The Bertz CT molecular complexity index is 387. The van der Waals surface area contributed by atoms with Gasteiger partial charge in [0.15, 0.2) is 6.10 Å². The average molecular weight is 236 g/mol. The van der Waals surface area contributed by atoms with E-state index in [2.05, 4.69) is 10.5 Å². The highest BCUT2D eigenvalue weighted by atomic mass is 16.5. The van der Waals surface area contributed by atoms with Crippen molar-refractivity contribution in [3.8, 4) is 11.5 Å². The maximum atomic E-state index is 11.5. The zero-order chi connectivity index (χ0) is 12.7. The molecule has 17 heavy (non-hydrogen) atoms. The van der Waals surface area contributed by atoms with E-state index in [9.17, 15) is 4.79 Å². The van der Waals surface area contributed by atoms with Crippen molar-refractivity contribution in [2.45, 2.75) is 20.0 Å². The van der Waals surface area contributed by atoms with Crippen LogP contribution in [-0.4, -0.2) is 25.3 Å². The third-order valence-corrected chi connectivity index (χ3v) is 2.05.